The van der Waals surface area contributed by atoms with E-state index < -0.39 is 0 Å². The smallest absolute Gasteiger partial charge is 0.269 e. The van der Waals surface area contributed by atoms with E-state index in [1.807, 2.05) is 0 Å². The van der Waals surface area contributed by atoms with Gasteiger partial charge < -0.3 is 4.52 Å². The zero-order chi connectivity index (χ0) is 12.0. The number of hydrogen-bond acceptors (Lipinski definition) is 4. The maximum absolute atomic E-state index is 10.5. The quantitative estimate of drug-likeness (QED) is 0.338. The number of benzene rings is 1. The SMILES string of the molecule is CCP(CSc1ccc([N+](=O)[O-])cc1)OC. The van der Waals surface area contributed by atoms with E-state index in [0.29, 0.717) is 0 Å². The van der Waals surface area contributed by atoms with Crippen LogP contribution in [-0.2, 0) is 4.52 Å². The zero-order valence-corrected chi connectivity index (χ0v) is 11.0. The van der Waals surface area contributed by atoms with Gasteiger partial charge in [-0.2, -0.15) is 0 Å². The maximum Gasteiger partial charge on any atom is 0.269 e. The third-order valence-corrected chi connectivity index (χ3v) is 5.53. The van der Waals surface area contributed by atoms with Gasteiger partial charge in [0.1, 0.15) is 0 Å². The first kappa shape index (κ1) is 13.4. The minimum absolute atomic E-state index is 0.133. The predicted octanol–water partition coefficient (Wildman–Crippen LogP) is 3.71. The average Bonchev–Trinajstić information content (AvgIpc) is 2.31. The maximum atomic E-state index is 10.5. The molecule has 0 heterocycles. The first-order valence-corrected chi connectivity index (χ1v) is 7.45. The monoisotopic (exact) mass is 259 g/mol. The molecular weight excluding hydrogens is 245 g/mol. The highest BCUT2D eigenvalue weighted by Gasteiger charge is 2.07. The molecule has 0 radical (unpaired) electrons. The first-order chi connectivity index (χ1) is 7.67. The van der Waals surface area contributed by atoms with Crippen LogP contribution < -0.4 is 0 Å². The summed E-state index contributed by atoms with van der Waals surface area (Å²) in [6.45, 7) is 2.10. The molecule has 1 unspecified atom stereocenters. The second kappa shape index (κ2) is 6.84. The van der Waals surface area contributed by atoms with Crippen molar-refractivity contribution in [1.82, 2.24) is 0 Å². The lowest BCUT2D eigenvalue weighted by molar-refractivity contribution is -0.384. The Labute approximate surface area is 100 Å². The van der Waals surface area contributed by atoms with Gasteiger partial charge >= 0.3 is 0 Å². The molecule has 0 aliphatic carbocycles. The molecule has 4 nitrogen and oxygen atoms in total. The molecule has 0 aliphatic heterocycles. The summed E-state index contributed by atoms with van der Waals surface area (Å²) in [5.74, 6) is 0. The molecule has 88 valence electrons. The topological polar surface area (TPSA) is 52.4 Å². The Bertz CT molecular complexity index is 340. The number of nitro benzene ring substituents is 1. The predicted molar refractivity (Wildman–Crippen MR) is 68.3 cm³/mol. The zero-order valence-electron chi connectivity index (χ0n) is 9.25. The van der Waals surface area contributed by atoms with Gasteiger partial charge in [-0.05, 0) is 18.3 Å². The van der Waals surface area contributed by atoms with Crippen molar-refractivity contribution in [1.29, 1.82) is 0 Å². The van der Waals surface area contributed by atoms with Crippen LogP contribution in [0.2, 0.25) is 0 Å². The molecule has 0 spiro atoms. The van der Waals surface area contributed by atoms with Crippen LogP contribution in [0.3, 0.4) is 0 Å². The Morgan fingerprint density at radius 1 is 1.44 bits per heavy atom. The normalized spacial score (nSPS) is 12.4. The molecule has 1 rings (SSSR count). The van der Waals surface area contributed by atoms with Crippen molar-refractivity contribution in [2.45, 2.75) is 11.8 Å². The van der Waals surface area contributed by atoms with Gasteiger partial charge in [0.05, 0.1) is 4.92 Å². The van der Waals surface area contributed by atoms with Gasteiger partial charge in [0.25, 0.3) is 5.69 Å². The van der Waals surface area contributed by atoms with Gasteiger partial charge in [-0.25, -0.2) is 0 Å². The van der Waals surface area contributed by atoms with Crippen LogP contribution in [0.1, 0.15) is 6.92 Å². The first-order valence-electron chi connectivity index (χ1n) is 4.83. The summed E-state index contributed by atoms with van der Waals surface area (Å²) < 4.78 is 5.32. The van der Waals surface area contributed by atoms with Crippen LogP contribution in [0.15, 0.2) is 29.2 Å². The van der Waals surface area contributed by atoms with Crippen LogP contribution >= 0.6 is 19.9 Å². The molecule has 0 N–H and O–H groups in total. The highest BCUT2D eigenvalue weighted by atomic mass is 32.2. The van der Waals surface area contributed by atoms with Gasteiger partial charge in [0.15, 0.2) is 0 Å². The van der Waals surface area contributed by atoms with Gasteiger partial charge in [-0.1, -0.05) is 6.92 Å². The number of nitrogens with zero attached hydrogens (tertiary/aromatic N) is 1. The van der Waals surface area contributed by atoms with E-state index in [4.69, 9.17) is 4.52 Å². The van der Waals surface area contributed by atoms with Crippen molar-refractivity contribution in [2.24, 2.45) is 0 Å². The molecule has 0 bridgehead atoms. The third-order valence-electron chi connectivity index (χ3n) is 2.03. The molecule has 0 amide bonds. The number of non-ortho nitro benzene ring substituents is 1. The molecule has 0 aromatic heterocycles. The summed E-state index contributed by atoms with van der Waals surface area (Å²) in [7, 11) is 1.36. The minimum atomic E-state index is -0.386. The summed E-state index contributed by atoms with van der Waals surface area (Å²) in [6.07, 6.45) is 1.03. The van der Waals surface area contributed by atoms with E-state index in [1.165, 1.54) is 12.1 Å². The Balaban J connectivity index is 2.52. The number of hydrogen-bond donors (Lipinski definition) is 0. The van der Waals surface area contributed by atoms with Crippen LogP contribution in [0.25, 0.3) is 0 Å². The summed E-state index contributed by atoms with van der Waals surface area (Å²) in [4.78, 5) is 11.1. The van der Waals surface area contributed by atoms with Gasteiger partial charge in [-0.15, -0.1) is 11.8 Å². The van der Waals surface area contributed by atoms with Crippen LogP contribution in [0.5, 0.6) is 0 Å². The van der Waals surface area contributed by atoms with Gasteiger partial charge in [0, 0.05) is 37.8 Å². The van der Waals surface area contributed by atoms with E-state index in [0.717, 1.165) is 16.6 Å². The summed E-state index contributed by atoms with van der Waals surface area (Å²) >= 11 is 1.68. The molecule has 0 saturated carbocycles. The van der Waals surface area contributed by atoms with Crippen LogP contribution in [0, 0.1) is 10.1 Å². The lowest BCUT2D eigenvalue weighted by atomic mass is 10.3. The molecule has 0 saturated heterocycles. The standard InChI is InChI=1S/C10H14NO3PS/c1-3-15(14-2)8-16-10-6-4-9(5-7-10)11(12)13/h4-7H,3,8H2,1-2H3. The molecule has 0 aliphatic rings. The van der Waals surface area contributed by atoms with Crippen molar-refractivity contribution in [2.75, 3.05) is 18.8 Å². The van der Waals surface area contributed by atoms with Gasteiger partial charge in [0.2, 0.25) is 0 Å². The highest BCUT2D eigenvalue weighted by molar-refractivity contribution is 8.04. The van der Waals surface area contributed by atoms with Crippen LogP contribution in [-0.4, -0.2) is 23.7 Å². The van der Waals surface area contributed by atoms with E-state index in [-0.39, 0.29) is 18.8 Å². The summed E-state index contributed by atoms with van der Waals surface area (Å²) in [5.41, 5.74) is 1.06. The van der Waals surface area contributed by atoms with E-state index in [2.05, 4.69) is 6.92 Å². The lowest BCUT2D eigenvalue weighted by Crippen LogP contribution is -1.88. The number of thioether (sulfide) groups is 1. The van der Waals surface area contributed by atoms with Crippen molar-refractivity contribution >= 4 is 25.6 Å². The fourth-order valence-electron chi connectivity index (χ4n) is 1.08. The molecule has 1 aromatic rings. The van der Waals surface area contributed by atoms with Gasteiger partial charge in [-0.3, -0.25) is 10.1 Å². The highest BCUT2D eigenvalue weighted by Crippen LogP contribution is 2.41. The Morgan fingerprint density at radius 3 is 2.50 bits per heavy atom. The molecule has 0 fully saturated rings. The molecule has 1 atom stereocenters. The molecule has 16 heavy (non-hydrogen) atoms. The fraction of sp³-hybridized carbons (Fsp3) is 0.400. The number of rotatable bonds is 6. The Hall–Kier alpha value is -0.640. The lowest BCUT2D eigenvalue weighted by Gasteiger charge is -2.11. The second-order valence-electron chi connectivity index (χ2n) is 3.01. The Morgan fingerprint density at radius 2 is 2.06 bits per heavy atom. The average molecular weight is 259 g/mol. The van der Waals surface area contributed by atoms with Crippen molar-refractivity contribution in [3.8, 4) is 0 Å². The van der Waals surface area contributed by atoms with Crippen molar-refractivity contribution < 1.29 is 9.45 Å². The van der Waals surface area contributed by atoms with Crippen molar-refractivity contribution in [3.05, 3.63) is 34.4 Å². The molecule has 1 aromatic carbocycles. The van der Waals surface area contributed by atoms with E-state index >= 15 is 0 Å². The van der Waals surface area contributed by atoms with Crippen LogP contribution in [0.4, 0.5) is 5.69 Å². The Kier molecular flexibility index (Phi) is 5.74. The molecular formula is C10H14NO3PS. The second-order valence-corrected chi connectivity index (χ2v) is 6.76. The van der Waals surface area contributed by atoms with Crippen molar-refractivity contribution in [3.63, 3.8) is 0 Å². The van der Waals surface area contributed by atoms with E-state index in [9.17, 15) is 10.1 Å². The number of nitro groups is 1. The third kappa shape index (κ3) is 4.08. The van der Waals surface area contributed by atoms with E-state index in [1.54, 1.807) is 31.0 Å². The fourth-order valence-corrected chi connectivity index (χ4v) is 3.99. The largest absolute Gasteiger partial charge is 0.362 e. The summed E-state index contributed by atoms with van der Waals surface area (Å²) in [6, 6.07) is 6.62. The minimum Gasteiger partial charge on any atom is -0.362 e. The summed E-state index contributed by atoms with van der Waals surface area (Å²) in [5, 5.41) is 10.5. The molecule has 6 heteroatoms.